The smallest absolute Gasteiger partial charge is 0.328 e. The molecule has 1 aliphatic rings. The normalized spacial score (nSPS) is 20.6. The highest BCUT2D eigenvalue weighted by molar-refractivity contribution is 5.88. The molecule has 92 valence electrons. The summed E-state index contributed by atoms with van der Waals surface area (Å²) >= 11 is 0. The molecule has 1 rings (SSSR count). The van der Waals surface area contributed by atoms with Crippen molar-refractivity contribution in [2.75, 3.05) is 27.7 Å². The maximum Gasteiger partial charge on any atom is 0.355 e. The Morgan fingerprint density at radius 1 is 1.69 bits per heavy atom. The van der Waals surface area contributed by atoms with Crippen molar-refractivity contribution >= 4 is 11.7 Å². The number of rotatable bonds is 3. The lowest BCUT2D eigenvalue weighted by atomic mass is 10.1. The first-order valence-electron chi connectivity index (χ1n) is 5.57. The van der Waals surface area contributed by atoms with Crippen molar-refractivity contribution in [2.45, 2.75) is 25.8 Å². The van der Waals surface area contributed by atoms with E-state index in [9.17, 15) is 4.79 Å². The van der Waals surface area contributed by atoms with E-state index in [2.05, 4.69) is 22.8 Å². The SMILES string of the molecule is CCC1CC(CNC)=NN(C(=O)N(C)C)N1. The van der Waals surface area contributed by atoms with Crippen molar-refractivity contribution in [2.24, 2.45) is 5.10 Å². The van der Waals surface area contributed by atoms with Gasteiger partial charge in [-0.2, -0.15) is 5.10 Å². The summed E-state index contributed by atoms with van der Waals surface area (Å²) in [7, 11) is 5.31. The molecule has 6 heteroatoms. The Balaban J connectivity index is 2.75. The van der Waals surface area contributed by atoms with Crippen LogP contribution in [0.15, 0.2) is 5.10 Å². The van der Waals surface area contributed by atoms with E-state index in [0.717, 1.165) is 25.1 Å². The molecule has 0 spiro atoms. The second-order valence-corrected chi connectivity index (χ2v) is 4.12. The topological polar surface area (TPSA) is 60.0 Å². The number of nitrogens with zero attached hydrogens (tertiary/aromatic N) is 3. The van der Waals surface area contributed by atoms with Crippen molar-refractivity contribution in [1.29, 1.82) is 0 Å². The van der Waals surface area contributed by atoms with Crippen molar-refractivity contribution < 1.29 is 4.79 Å². The van der Waals surface area contributed by atoms with E-state index in [4.69, 9.17) is 0 Å². The van der Waals surface area contributed by atoms with Gasteiger partial charge in [0.2, 0.25) is 0 Å². The molecule has 1 aliphatic heterocycles. The lowest BCUT2D eigenvalue weighted by Gasteiger charge is -2.31. The molecule has 0 aromatic carbocycles. The zero-order valence-corrected chi connectivity index (χ0v) is 10.4. The lowest BCUT2D eigenvalue weighted by molar-refractivity contribution is 0.128. The van der Waals surface area contributed by atoms with Gasteiger partial charge in [-0.3, -0.25) is 0 Å². The fourth-order valence-electron chi connectivity index (χ4n) is 1.55. The molecule has 0 radical (unpaired) electrons. The predicted octanol–water partition coefficient (Wildman–Crippen LogP) is 0.232. The van der Waals surface area contributed by atoms with E-state index in [1.807, 2.05) is 7.05 Å². The van der Waals surface area contributed by atoms with E-state index in [1.165, 1.54) is 10.0 Å². The summed E-state index contributed by atoms with van der Waals surface area (Å²) in [5.41, 5.74) is 4.10. The Labute approximate surface area is 96.6 Å². The maximum absolute atomic E-state index is 11.8. The van der Waals surface area contributed by atoms with Crippen molar-refractivity contribution in [3.05, 3.63) is 0 Å². The number of hydrogen-bond acceptors (Lipinski definition) is 4. The summed E-state index contributed by atoms with van der Waals surface area (Å²) in [5.74, 6) is 0. The molecule has 0 saturated carbocycles. The summed E-state index contributed by atoms with van der Waals surface area (Å²) < 4.78 is 0. The summed E-state index contributed by atoms with van der Waals surface area (Å²) in [6.45, 7) is 2.81. The summed E-state index contributed by atoms with van der Waals surface area (Å²) in [6.07, 6.45) is 1.86. The fourth-order valence-corrected chi connectivity index (χ4v) is 1.55. The summed E-state index contributed by atoms with van der Waals surface area (Å²) in [4.78, 5) is 13.3. The molecule has 1 unspecified atom stereocenters. The molecule has 0 aliphatic carbocycles. The number of nitrogens with one attached hydrogen (secondary N) is 2. The Morgan fingerprint density at radius 3 is 2.88 bits per heavy atom. The van der Waals surface area contributed by atoms with Crippen LogP contribution < -0.4 is 10.7 Å². The number of hydrazine groups is 1. The van der Waals surface area contributed by atoms with Crippen LogP contribution in [0.4, 0.5) is 4.79 Å². The molecule has 0 aromatic rings. The molecule has 0 aromatic heterocycles. The number of urea groups is 1. The average Bonchev–Trinajstić information content (AvgIpc) is 2.27. The van der Waals surface area contributed by atoms with Gasteiger partial charge in [0.25, 0.3) is 0 Å². The monoisotopic (exact) mass is 227 g/mol. The first-order valence-corrected chi connectivity index (χ1v) is 5.57. The standard InChI is InChI=1S/C10H21N5O/c1-5-8-6-9(7-11-2)13-15(12-8)10(16)14(3)4/h8,11-12H,5-7H2,1-4H3. The van der Waals surface area contributed by atoms with Crippen LogP contribution in [0.1, 0.15) is 19.8 Å². The highest BCUT2D eigenvalue weighted by atomic mass is 16.2. The first kappa shape index (κ1) is 12.9. The van der Waals surface area contributed by atoms with E-state index >= 15 is 0 Å². The average molecular weight is 227 g/mol. The van der Waals surface area contributed by atoms with Crippen LogP contribution >= 0.6 is 0 Å². The Bertz CT molecular complexity index is 276. The highest BCUT2D eigenvalue weighted by Gasteiger charge is 2.24. The molecular weight excluding hydrogens is 206 g/mol. The largest absolute Gasteiger partial charge is 0.355 e. The third-order valence-electron chi connectivity index (χ3n) is 2.47. The molecular formula is C10H21N5O. The second kappa shape index (κ2) is 5.81. The van der Waals surface area contributed by atoms with Crippen LogP contribution in [-0.2, 0) is 0 Å². The Hall–Kier alpha value is -1.14. The van der Waals surface area contributed by atoms with Crippen LogP contribution in [-0.4, -0.2) is 55.5 Å². The molecule has 0 fully saturated rings. The van der Waals surface area contributed by atoms with Gasteiger partial charge >= 0.3 is 6.03 Å². The van der Waals surface area contributed by atoms with Crippen LogP contribution in [0.25, 0.3) is 0 Å². The number of amides is 2. The highest BCUT2D eigenvalue weighted by Crippen LogP contribution is 2.09. The van der Waals surface area contributed by atoms with Crippen LogP contribution in [0, 0.1) is 0 Å². The summed E-state index contributed by atoms with van der Waals surface area (Å²) in [6, 6.07) is 0.136. The van der Waals surface area contributed by atoms with E-state index in [-0.39, 0.29) is 12.1 Å². The molecule has 2 N–H and O–H groups in total. The fraction of sp³-hybridized carbons (Fsp3) is 0.800. The minimum Gasteiger partial charge on any atom is -0.328 e. The summed E-state index contributed by atoms with van der Waals surface area (Å²) in [5, 5.41) is 8.67. The third kappa shape index (κ3) is 3.18. The van der Waals surface area contributed by atoms with Crippen LogP contribution in [0.3, 0.4) is 0 Å². The molecule has 6 nitrogen and oxygen atoms in total. The van der Waals surface area contributed by atoms with Crippen molar-refractivity contribution in [3.63, 3.8) is 0 Å². The van der Waals surface area contributed by atoms with Crippen molar-refractivity contribution in [3.8, 4) is 0 Å². The van der Waals surface area contributed by atoms with E-state index < -0.39 is 0 Å². The molecule has 0 saturated heterocycles. The zero-order chi connectivity index (χ0) is 12.1. The number of carbonyl (C=O) groups excluding carboxylic acids is 1. The number of hydrogen-bond donors (Lipinski definition) is 2. The van der Waals surface area contributed by atoms with Gasteiger partial charge in [-0.15, -0.1) is 5.12 Å². The number of carbonyl (C=O) groups is 1. The van der Waals surface area contributed by atoms with Crippen LogP contribution in [0.5, 0.6) is 0 Å². The van der Waals surface area contributed by atoms with Gasteiger partial charge < -0.3 is 10.2 Å². The quantitative estimate of drug-likeness (QED) is 0.725. The third-order valence-corrected chi connectivity index (χ3v) is 2.47. The first-order chi connectivity index (χ1) is 7.58. The molecule has 1 atom stereocenters. The minimum atomic E-state index is -0.147. The van der Waals surface area contributed by atoms with Gasteiger partial charge in [0.15, 0.2) is 0 Å². The van der Waals surface area contributed by atoms with Gasteiger partial charge in [-0.25, -0.2) is 10.2 Å². The van der Waals surface area contributed by atoms with Gasteiger partial charge in [-0.05, 0) is 13.5 Å². The van der Waals surface area contributed by atoms with E-state index in [1.54, 1.807) is 14.1 Å². The van der Waals surface area contributed by atoms with Crippen LogP contribution in [0.2, 0.25) is 0 Å². The Kier molecular flexibility index (Phi) is 4.70. The second-order valence-electron chi connectivity index (χ2n) is 4.12. The number of hydrazone groups is 1. The van der Waals surface area contributed by atoms with E-state index in [0.29, 0.717) is 0 Å². The molecule has 1 heterocycles. The van der Waals surface area contributed by atoms with Gasteiger partial charge in [0, 0.05) is 33.1 Å². The van der Waals surface area contributed by atoms with Gasteiger partial charge in [0.1, 0.15) is 0 Å². The maximum atomic E-state index is 11.8. The predicted molar refractivity (Wildman–Crippen MR) is 64.1 cm³/mol. The molecule has 16 heavy (non-hydrogen) atoms. The zero-order valence-electron chi connectivity index (χ0n) is 10.4. The van der Waals surface area contributed by atoms with Crippen molar-refractivity contribution in [1.82, 2.24) is 20.8 Å². The Morgan fingerprint density at radius 2 is 2.38 bits per heavy atom. The lowest BCUT2D eigenvalue weighted by Crippen LogP contribution is -2.53. The van der Waals surface area contributed by atoms with Gasteiger partial charge in [0.05, 0.1) is 5.71 Å². The molecule has 2 amide bonds. The minimum absolute atomic E-state index is 0.147. The molecule has 0 bridgehead atoms. The van der Waals surface area contributed by atoms with Gasteiger partial charge in [-0.1, -0.05) is 6.92 Å².